The summed E-state index contributed by atoms with van der Waals surface area (Å²) in [4.78, 5) is 13.0. The normalized spacial score (nSPS) is 23.7. The van der Waals surface area contributed by atoms with Crippen LogP contribution in [-0.4, -0.2) is 34.5 Å². The monoisotopic (exact) mass is 465 g/mol. The van der Waals surface area contributed by atoms with Crippen molar-refractivity contribution in [2.75, 3.05) is 6.26 Å². The molecular weight excluding hydrogens is 441 g/mol. The quantitative estimate of drug-likeness (QED) is 0.636. The number of carbonyl (C=O) groups is 1. The summed E-state index contributed by atoms with van der Waals surface area (Å²) in [7, 11) is -2.79. The van der Waals surface area contributed by atoms with Gasteiger partial charge in [-0.3, -0.25) is 4.79 Å². The molecule has 5 atom stereocenters. The van der Waals surface area contributed by atoms with E-state index in [-0.39, 0.29) is 18.4 Å². The number of carbonyl (C=O) groups excluding carboxylic acids is 1. The molecule has 9 heteroatoms. The van der Waals surface area contributed by atoms with Crippen LogP contribution in [0.5, 0.6) is 0 Å². The molecule has 2 aliphatic rings. The third-order valence-corrected chi connectivity index (χ3v) is 8.01. The minimum Gasteiger partial charge on any atom is -0.339 e. The second kappa shape index (κ2) is 9.30. The lowest BCUT2D eigenvalue weighted by atomic mass is 9.98. The van der Waals surface area contributed by atoms with Crippen LogP contribution in [0, 0.1) is 34.5 Å². The lowest BCUT2D eigenvalue weighted by Crippen LogP contribution is -2.50. The molecule has 7 nitrogen and oxygen atoms in total. The minimum atomic E-state index is -2.79. The zero-order valence-corrected chi connectivity index (χ0v) is 18.9. The van der Waals surface area contributed by atoms with Crippen LogP contribution in [0.25, 0.3) is 11.1 Å². The van der Waals surface area contributed by atoms with Crippen molar-refractivity contribution in [3.8, 4) is 23.4 Å². The van der Waals surface area contributed by atoms with E-state index in [0.717, 1.165) is 19.3 Å². The first-order valence-corrected chi connectivity index (χ1v) is 12.7. The number of nitrogens with zero attached hydrogens (tertiary/aromatic N) is 3. The highest BCUT2D eigenvalue weighted by molar-refractivity contribution is 7.93. The Morgan fingerprint density at radius 2 is 1.97 bits per heavy atom. The number of halogens is 1. The van der Waals surface area contributed by atoms with Gasteiger partial charge in [-0.15, -0.1) is 4.36 Å². The lowest BCUT2D eigenvalue weighted by molar-refractivity contribution is -0.124. The van der Waals surface area contributed by atoms with E-state index in [9.17, 15) is 18.7 Å². The van der Waals surface area contributed by atoms with Crippen molar-refractivity contribution >= 4 is 15.6 Å². The molecular formula is C24H24FN5O2S. The Morgan fingerprint density at radius 1 is 1.24 bits per heavy atom. The Balaban J connectivity index is 1.44. The summed E-state index contributed by atoms with van der Waals surface area (Å²) in [5, 5.41) is 24.2. The molecule has 1 saturated heterocycles. The molecule has 2 aromatic carbocycles. The zero-order chi connectivity index (χ0) is 23.6. The van der Waals surface area contributed by atoms with Gasteiger partial charge >= 0.3 is 0 Å². The van der Waals surface area contributed by atoms with Crippen molar-refractivity contribution in [1.82, 2.24) is 10.6 Å². The number of piperidine rings is 1. The van der Waals surface area contributed by atoms with E-state index in [0.29, 0.717) is 33.5 Å². The van der Waals surface area contributed by atoms with E-state index in [1.54, 1.807) is 42.6 Å². The van der Waals surface area contributed by atoms with E-state index in [1.165, 1.54) is 12.3 Å². The number of nitriles is 2. The van der Waals surface area contributed by atoms with Crippen LogP contribution in [0.1, 0.15) is 24.8 Å². The number of hydrogen-bond donors (Lipinski definition) is 2. The number of nitrogens with one attached hydrogen (secondary N) is 2. The fourth-order valence-corrected chi connectivity index (χ4v) is 5.59. The number of rotatable bonds is 6. The number of fused-ring (bicyclic) bond motifs is 2. The first-order valence-electron chi connectivity index (χ1n) is 10.8. The molecule has 1 amide bonds. The molecule has 2 aromatic rings. The Morgan fingerprint density at radius 3 is 2.55 bits per heavy atom. The summed E-state index contributed by atoms with van der Waals surface area (Å²) >= 11 is 0. The van der Waals surface area contributed by atoms with Crippen molar-refractivity contribution in [2.45, 2.75) is 48.7 Å². The molecule has 1 aliphatic heterocycles. The Kier molecular flexibility index (Phi) is 6.46. The van der Waals surface area contributed by atoms with E-state index < -0.39 is 21.6 Å². The van der Waals surface area contributed by atoms with Gasteiger partial charge in [0.1, 0.15) is 11.9 Å². The molecule has 2 bridgehead atoms. The molecule has 1 saturated carbocycles. The summed E-state index contributed by atoms with van der Waals surface area (Å²) in [6.45, 7) is 0. The molecule has 0 spiro atoms. The first kappa shape index (κ1) is 22.9. The number of hydrogen-bond acceptors (Lipinski definition) is 6. The van der Waals surface area contributed by atoms with Crippen LogP contribution in [0.3, 0.4) is 0 Å². The van der Waals surface area contributed by atoms with E-state index >= 15 is 0 Å². The Bertz CT molecular complexity index is 1270. The highest BCUT2D eigenvalue weighted by Crippen LogP contribution is 2.35. The van der Waals surface area contributed by atoms with Crippen LogP contribution in [0.2, 0.25) is 0 Å². The first-order chi connectivity index (χ1) is 15.8. The highest BCUT2D eigenvalue weighted by Gasteiger charge is 2.43. The third kappa shape index (κ3) is 4.90. The molecule has 1 heterocycles. The molecule has 2 fully saturated rings. The molecule has 0 radical (unpaired) electrons. The molecule has 170 valence electrons. The van der Waals surface area contributed by atoms with Crippen molar-refractivity contribution in [3.05, 3.63) is 53.8 Å². The van der Waals surface area contributed by atoms with Crippen molar-refractivity contribution in [2.24, 2.45) is 10.3 Å². The third-order valence-electron chi connectivity index (χ3n) is 6.43. The summed E-state index contributed by atoms with van der Waals surface area (Å²) in [6, 6.07) is 12.7. The standard InChI is InChI=1S/C24H24FN5O2S/c1-33(32,28-14-27)21-8-5-15(6-9-21)16-2-3-17(22(25)12-16)10-20(13-26)30-24(31)23-18-4-7-19(11-18)29-23/h2-3,5-6,8-9,12,18-20,23,29H,4,7,10-11H2,1H3,(H,30,31)/t18-,19+,20-,23-,33?/m0/s1. The van der Waals surface area contributed by atoms with Gasteiger partial charge in [0.15, 0.2) is 0 Å². The molecule has 1 unspecified atom stereocenters. The lowest BCUT2D eigenvalue weighted by Gasteiger charge is -2.23. The van der Waals surface area contributed by atoms with E-state index in [4.69, 9.17) is 5.26 Å². The second-order valence-corrected chi connectivity index (χ2v) is 10.9. The highest BCUT2D eigenvalue weighted by atomic mass is 32.2. The summed E-state index contributed by atoms with van der Waals surface area (Å²) < 4.78 is 30.6. The Hall–Kier alpha value is -3.27. The topological polar surface area (TPSA) is 118 Å². The van der Waals surface area contributed by atoms with Crippen molar-refractivity contribution in [1.29, 1.82) is 10.5 Å². The van der Waals surface area contributed by atoms with Gasteiger partial charge in [0.25, 0.3) is 0 Å². The van der Waals surface area contributed by atoms with Crippen LogP contribution in [-0.2, 0) is 20.9 Å². The predicted molar refractivity (Wildman–Crippen MR) is 122 cm³/mol. The largest absolute Gasteiger partial charge is 0.339 e. The molecule has 33 heavy (non-hydrogen) atoms. The average Bonchev–Trinajstić information content (AvgIpc) is 3.44. The van der Waals surface area contributed by atoms with Gasteiger partial charge in [-0.1, -0.05) is 24.3 Å². The Labute approximate surface area is 192 Å². The van der Waals surface area contributed by atoms with Crippen molar-refractivity contribution < 1.29 is 13.4 Å². The minimum absolute atomic E-state index is 0.0711. The van der Waals surface area contributed by atoms with Gasteiger partial charge in [-0.05, 0) is 60.1 Å². The average molecular weight is 466 g/mol. The van der Waals surface area contributed by atoms with Gasteiger partial charge in [-0.2, -0.15) is 10.5 Å². The summed E-state index contributed by atoms with van der Waals surface area (Å²) in [5.41, 5.74) is 1.67. The molecule has 2 N–H and O–H groups in total. The maximum absolute atomic E-state index is 14.8. The maximum Gasteiger partial charge on any atom is 0.238 e. The van der Waals surface area contributed by atoms with Gasteiger partial charge in [0, 0.05) is 23.6 Å². The fraction of sp³-hybridized carbons (Fsp3) is 0.375. The SMILES string of the molecule is CS(=O)(=NC#N)c1ccc(-c2ccc(C[C@@H](C#N)NC(=O)[C@H]3N[C@@H]4CC[C@H]3C4)c(F)c2)cc1. The van der Waals surface area contributed by atoms with Gasteiger partial charge in [0.2, 0.25) is 12.1 Å². The van der Waals surface area contributed by atoms with Gasteiger partial charge < -0.3 is 10.6 Å². The molecule has 1 aliphatic carbocycles. The van der Waals surface area contributed by atoms with Crippen LogP contribution in [0.15, 0.2) is 51.7 Å². The van der Waals surface area contributed by atoms with Crippen LogP contribution < -0.4 is 10.6 Å². The van der Waals surface area contributed by atoms with E-state index in [2.05, 4.69) is 21.1 Å². The smallest absolute Gasteiger partial charge is 0.238 e. The van der Waals surface area contributed by atoms with Gasteiger partial charge in [0.05, 0.1) is 21.8 Å². The number of amides is 1. The van der Waals surface area contributed by atoms with Gasteiger partial charge in [-0.25, -0.2) is 8.60 Å². The summed E-state index contributed by atoms with van der Waals surface area (Å²) in [5.74, 6) is -0.351. The molecule has 0 aromatic heterocycles. The number of benzene rings is 2. The molecule has 4 rings (SSSR count). The van der Waals surface area contributed by atoms with Crippen molar-refractivity contribution in [3.63, 3.8) is 0 Å². The second-order valence-electron chi connectivity index (χ2n) is 8.63. The fourth-order valence-electron chi connectivity index (χ4n) is 4.68. The van der Waals surface area contributed by atoms with E-state index in [1.807, 2.05) is 0 Å². The predicted octanol–water partition coefficient (Wildman–Crippen LogP) is 3.12. The van der Waals surface area contributed by atoms with Crippen LogP contribution >= 0.6 is 0 Å². The van der Waals surface area contributed by atoms with Crippen LogP contribution in [0.4, 0.5) is 4.39 Å². The summed E-state index contributed by atoms with van der Waals surface area (Å²) in [6.07, 6.45) is 6.13. The zero-order valence-electron chi connectivity index (χ0n) is 18.1. The maximum atomic E-state index is 14.8.